The summed E-state index contributed by atoms with van der Waals surface area (Å²) in [6, 6.07) is 15.5. The summed E-state index contributed by atoms with van der Waals surface area (Å²) in [6.07, 6.45) is 2.42. The van der Waals surface area contributed by atoms with Gasteiger partial charge in [0.05, 0.1) is 6.61 Å². The fourth-order valence-corrected chi connectivity index (χ4v) is 3.68. The number of amides is 2. The maximum Gasteiger partial charge on any atom is 0.254 e. The van der Waals surface area contributed by atoms with E-state index in [4.69, 9.17) is 4.74 Å². The maximum atomic E-state index is 13.3. The van der Waals surface area contributed by atoms with Gasteiger partial charge in [0.2, 0.25) is 5.91 Å². The molecule has 0 bridgehead atoms. The first kappa shape index (κ1) is 23.8. The zero-order chi connectivity index (χ0) is 22.8. The van der Waals surface area contributed by atoms with E-state index < -0.39 is 0 Å². The van der Waals surface area contributed by atoms with Crippen molar-refractivity contribution in [2.45, 2.75) is 39.7 Å². The molecule has 1 fully saturated rings. The van der Waals surface area contributed by atoms with Gasteiger partial charge in [0.1, 0.15) is 5.75 Å². The second-order valence-electron chi connectivity index (χ2n) is 8.32. The van der Waals surface area contributed by atoms with Gasteiger partial charge in [0, 0.05) is 51.3 Å². The minimum absolute atomic E-state index is 0.0706. The summed E-state index contributed by atoms with van der Waals surface area (Å²) in [7, 11) is 0. The third kappa shape index (κ3) is 7.09. The first-order valence-electron chi connectivity index (χ1n) is 11.6. The first-order valence-corrected chi connectivity index (χ1v) is 11.6. The average Bonchev–Trinajstić information content (AvgIpc) is 2.83. The standard InChI is InChI=1S/C26H35N3O3/c1-3-4-19-32-24-11-9-23(10-12-24)26(31)29(20-22-7-5-21(2)6-8-22)16-13-25(30)28-17-14-27-15-18-28/h5-12,27H,3-4,13-20H2,1-2H3. The summed E-state index contributed by atoms with van der Waals surface area (Å²) in [5, 5.41) is 3.26. The van der Waals surface area contributed by atoms with Crippen LogP contribution in [0.5, 0.6) is 5.75 Å². The monoisotopic (exact) mass is 437 g/mol. The van der Waals surface area contributed by atoms with Crippen molar-refractivity contribution in [2.75, 3.05) is 39.3 Å². The fraction of sp³-hybridized carbons (Fsp3) is 0.462. The Labute approximate surface area is 191 Å². The first-order chi connectivity index (χ1) is 15.6. The highest BCUT2D eigenvalue weighted by atomic mass is 16.5. The third-order valence-electron chi connectivity index (χ3n) is 5.71. The molecule has 1 saturated heterocycles. The molecule has 2 aromatic rings. The molecule has 0 aliphatic carbocycles. The van der Waals surface area contributed by atoms with E-state index in [9.17, 15) is 9.59 Å². The van der Waals surface area contributed by atoms with Crippen LogP contribution in [-0.2, 0) is 11.3 Å². The van der Waals surface area contributed by atoms with Crippen LogP contribution < -0.4 is 10.1 Å². The Kier molecular flexibility index (Phi) is 9.11. The van der Waals surface area contributed by atoms with Gasteiger partial charge < -0.3 is 19.9 Å². The highest BCUT2D eigenvalue weighted by Gasteiger charge is 2.21. The quantitative estimate of drug-likeness (QED) is 0.577. The maximum absolute atomic E-state index is 13.3. The molecule has 0 unspecified atom stereocenters. The molecule has 1 aliphatic rings. The summed E-state index contributed by atoms with van der Waals surface area (Å²) < 4.78 is 5.71. The Balaban J connectivity index is 1.67. The van der Waals surface area contributed by atoms with Gasteiger partial charge in [-0.2, -0.15) is 0 Å². The molecule has 0 aromatic heterocycles. The van der Waals surface area contributed by atoms with Crippen LogP contribution in [0.4, 0.5) is 0 Å². The van der Waals surface area contributed by atoms with Gasteiger partial charge in [0.25, 0.3) is 5.91 Å². The molecule has 32 heavy (non-hydrogen) atoms. The van der Waals surface area contributed by atoms with Crippen molar-refractivity contribution >= 4 is 11.8 Å². The van der Waals surface area contributed by atoms with E-state index in [0.717, 1.165) is 50.3 Å². The summed E-state index contributed by atoms with van der Waals surface area (Å²) in [5.74, 6) is 0.806. The van der Waals surface area contributed by atoms with Crippen LogP contribution in [0.3, 0.4) is 0 Å². The lowest BCUT2D eigenvalue weighted by molar-refractivity contribution is -0.132. The summed E-state index contributed by atoms with van der Waals surface area (Å²) in [4.78, 5) is 29.7. The lowest BCUT2D eigenvalue weighted by atomic mass is 10.1. The van der Waals surface area contributed by atoms with Crippen LogP contribution in [0, 0.1) is 6.92 Å². The molecule has 0 atom stereocenters. The second kappa shape index (κ2) is 12.2. The van der Waals surface area contributed by atoms with Crippen LogP contribution in [0.25, 0.3) is 0 Å². The topological polar surface area (TPSA) is 61.9 Å². The van der Waals surface area contributed by atoms with Crippen LogP contribution in [0.15, 0.2) is 48.5 Å². The number of benzene rings is 2. The van der Waals surface area contributed by atoms with Gasteiger partial charge in [-0.3, -0.25) is 9.59 Å². The fourth-order valence-electron chi connectivity index (χ4n) is 3.68. The van der Waals surface area contributed by atoms with Gasteiger partial charge in [-0.25, -0.2) is 0 Å². The van der Waals surface area contributed by atoms with Crippen LogP contribution in [0.1, 0.15) is 47.7 Å². The summed E-state index contributed by atoms with van der Waals surface area (Å²) >= 11 is 0. The van der Waals surface area contributed by atoms with Gasteiger partial charge in [-0.15, -0.1) is 0 Å². The number of aryl methyl sites for hydroxylation is 1. The molecular weight excluding hydrogens is 402 g/mol. The van der Waals surface area contributed by atoms with Crippen molar-refractivity contribution in [3.8, 4) is 5.75 Å². The minimum atomic E-state index is -0.0706. The van der Waals surface area contributed by atoms with E-state index in [0.29, 0.717) is 31.7 Å². The number of unbranched alkanes of at least 4 members (excludes halogenated alkanes) is 1. The number of hydrogen-bond donors (Lipinski definition) is 1. The van der Waals surface area contributed by atoms with Gasteiger partial charge in [-0.1, -0.05) is 43.2 Å². The van der Waals surface area contributed by atoms with Crippen molar-refractivity contribution in [1.82, 2.24) is 15.1 Å². The minimum Gasteiger partial charge on any atom is -0.494 e. The molecule has 0 radical (unpaired) electrons. The predicted octanol–water partition coefficient (Wildman–Crippen LogP) is 3.64. The van der Waals surface area contributed by atoms with Crippen molar-refractivity contribution in [2.24, 2.45) is 0 Å². The number of piperazine rings is 1. The van der Waals surface area contributed by atoms with Gasteiger partial charge in [0.15, 0.2) is 0 Å². The molecule has 0 saturated carbocycles. The van der Waals surface area contributed by atoms with E-state index in [1.54, 1.807) is 4.90 Å². The molecule has 2 amide bonds. The normalized spacial score (nSPS) is 13.6. The van der Waals surface area contributed by atoms with Gasteiger partial charge in [-0.05, 0) is 43.2 Å². The molecular formula is C26H35N3O3. The van der Waals surface area contributed by atoms with E-state index in [-0.39, 0.29) is 11.8 Å². The number of nitrogens with zero attached hydrogens (tertiary/aromatic N) is 2. The molecule has 1 N–H and O–H groups in total. The third-order valence-corrected chi connectivity index (χ3v) is 5.71. The number of nitrogens with one attached hydrogen (secondary N) is 1. The van der Waals surface area contributed by atoms with Crippen molar-refractivity contribution in [3.05, 3.63) is 65.2 Å². The highest BCUT2D eigenvalue weighted by Crippen LogP contribution is 2.17. The zero-order valence-electron chi connectivity index (χ0n) is 19.3. The van der Waals surface area contributed by atoms with Crippen molar-refractivity contribution in [3.63, 3.8) is 0 Å². The van der Waals surface area contributed by atoms with E-state index >= 15 is 0 Å². The zero-order valence-corrected chi connectivity index (χ0v) is 19.3. The van der Waals surface area contributed by atoms with Crippen molar-refractivity contribution in [1.29, 1.82) is 0 Å². The average molecular weight is 438 g/mol. The summed E-state index contributed by atoms with van der Waals surface area (Å²) in [6.45, 7) is 8.82. The molecule has 0 spiro atoms. The number of hydrogen-bond acceptors (Lipinski definition) is 4. The lowest BCUT2D eigenvalue weighted by Gasteiger charge is -2.29. The highest BCUT2D eigenvalue weighted by molar-refractivity contribution is 5.94. The number of carbonyl (C=O) groups excluding carboxylic acids is 2. The summed E-state index contributed by atoms with van der Waals surface area (Å²) in [5.41, 5.74) is 2.84. The lowest BCUT2D eigenvalue weighted by Crippen LogP contribution is -2.47. The number of ether oxygens (including phenoxy) is 1. The van der Waals surface area contributed by atoms with Gasteiger partial charge >= 0.3 is 0 Å². The molecule has 6 heteroatoms. The van der Waals surface area contributed by atoms with Crippen LogP contribution in [0.2, 0.25) is 0 Å². The Morgan fingerprint density at radius 3 is 2.38 bits per heavy atom. The molecule has 3 rings (SSSR count). The molecule has 1 heterocycles. The second-order valence-corrected chi connectivity index (χ2v) is 8.32. The molecule has 172 valence electrons. The number of carbonyl (C=O) groups is 2. The molecule has 1 aliphatic heterocycles. The Morgan fingerprint density at radius 2 is 1.72 bits per heavy atom. The Morgan fingerprint density at radius 1 is 1.03 bits per heavy atom. The van der Waals surface area contributed by atoms with E-state index in [2.05, 4.69) is 12.2 Å². The Bertz CT molecular complexity index is 859. The van der Waals surface area contributed by atoms with E-state index in [1.165, 1.54) is 5.56 Å². The number of rotatable bonds is 10. The van der Waals surface area contributed by atoms with E-state index in [1.807, 2.05) is 60.4 Å². The molecule has 6 nitrogen and oxygen atoms in total. The predicted molar refractivity (Wildman–Crippen MR) is 127 cm³/mol. The molecule has 2 aromatic carbocycles. The van der Waals surface area contributed by atoms with Crippen LogP contribution >= 0.6 is 0 Å². The van der Waals surface area contributed by atoms with Crippen molar-refractivity contribution < 1.29 is 14.3 Å². The SMILES string of the molecule is CCCCOc1ccc(C(=O)N(CCC(=O)N2CCNCC2)Cc2ccc(C)cc2)cc1. The smallest absolute Gasteiger partial charge is 0.254 e. The largest absolute Gasteiger partial charge is 0.494 e. The Hall–Kier alpha value is -2.86. The van der Waals surface area contributed by atoms with Crippen LogP contribution in [-0.4, -0.2) is 60.9 Å².